The van der Waals surface area contributed by atoms with E-state index in [4.69, 9.17) is 14.7 Å². The highest BCUT2D eigenvalue weighted by molar-refractivity contribution is 6.01. The van der Waals surface area contributed by atoms with E-state index in [2.05, 4.69) is 15.3 Å². The number of benzene rings is 1. The van der Waals surface area contributed by atoms with Crippen LogP contribution < -0.4 is 14.8 Å². The van der Waals surface area contributed by atoms with Gasteiger partial charge in [-0.1, -0.05) is 6.07 Å². The number of nitrogens with zero attached hydrogens (tertiary/aromatic N) is 2. The molecule has 2 heterocycles. The fourth-order valence-corrected chi connectivity index (χ4v) is 1.98. The summed E-state index contributed by atoms with van der Waals surface area (Å²) in [5.41, 5.74) is 1.45. The van der Waals surface area contributed by atoms with E-state index in [9.17, 15) is 4.79 Å². The molecule has 1 aliphatic rings. The van der Waals surface area contributed by atoms with Crippen molar-refractivity contribution in [2.24, 2.45) is 0 Å². The third-order valence-corrected chi connectivity index (χ3v) is 3.07. The molecule has 22 heavy (non-hydrogen) atoms. The van der Waals surface area contributed by atoms with Gasteiger partial charge >= 0.3 is 0 Å². The largest absolute Gasteiger partial charge is 0.454 e. The molecule has 2 N–H and O–H groups in total. The first-order valence-corrected chi connectivity index (χ1v) is 6.53. The van der Waals surface area contributed by atoms with Crippen LogP contribution in [0.1, 0.15) is 11.3 Å². The SMILES string of the molecule is N#C/C(=C\c1cnc[nH]1)C(=O)NCc1ccc2c(c1)OCO2. The molecule has 0 saturated carbocycles. The number of hydrogen-bond donors (Lipinski definition) is 2. The van der Waals surface area contributed by atoms with Crippen LogP contribution in [0.3, 0.4) is 0 Å². The summed E-state index contributed by atoms with van der Waals surface area (Å²) in [4.78, 5) is 18.7. The first kappa shape index (κ1) is 13.7. The molecule has 0 spiro atoms. The zero-order valence-corrected chi connectivity index (χ0v) is 11.5. The maximum absolute atomic E-state index is 12.0. The highest BCUT2D eigenvalue weighted by Gasteiger charge is 2.14. The molecule has 0 unspecified atom stereocenters. The summed E-state index contributed by atoms with van der Waals surface area (Å²) < 4.78 is 10.5. The number of rotatable bonds is 4. The van der Waals surface area contributed by atoms with Gasteiger partial charge < -0.3 is 19.8 Å². The number of hydrogen-bond acceptors (Lipinski definition) is 5. The van der Waals surface area contributed by atoms with Crippen molar-refractivity contribution in [1.82, 2.24) is 15.3 Å². The van der Waals surface area contributed by atoms with Crippen LogP contribution in [-0.2, 0) is 11.3 Å². The van der Waals surface area contributed by atoms with Crippen molar-refractivity contribution < 1.29 is 14.3 Å². The smallest absolute Gasteiger partial charge is 0.262 e. The Balaban J connectivity index is 1.65. The van der Waals surface area contributed by atoms with Crippen molar-refractivity contribution in [3.05, 3.63) is 47.6 Å². The molecule has 1 aliphatic heterocycles. The zero-order valence-electron chi connectivity index (χ0n) is 11.5. The number of amides is 1. The molecule has 0 radical (unpaired) electrons. The Morgan fingerprint density at radius 1 is 1.45 bits per heavy atom. The standard InChI is InChI=1S/C15H12N4O3/c16-5-11(4-12-7-17-8-19-12)15(20)18-6-10-1-2-13-14(3-10)22-9-21-13/h1-4,7-8H,6,9H2,(H,17,19)(H,18,20)/b11-4+. The Bertz CT molecular complexity index is 760. The fraction of sp³-hybridized carbons (Fsp3) is 0.133. The van der Waals surface area contributed by atoms with Gasteiger partial charge in [0.1, 0.15) is 11.6 Å². The van der Waals surface area contributed by atoms with E-state index in [0.717, 1.165) is 5.56 Å². The molecule has 0 fully saturated rings. The zero-order chi connectivity index (χ0) is 15.4. The monoisotopic (exact) mass is 296 g/mol. The van der Waals surface area contributed by atoms with Crippen LogP contribution in [0.25, 0.3) is 6.08 Å². The van der Waals surface area contributed by atoms with E-state index in [1.165, 1.54) is 18.6 Å². The number of aromatic amines is 1. The maximum Gasteiger partial charge on any atom is 0.262 e. The quantitative estimate of drug-likeness (QED) is 0.655. The normalized spacial score (nSPS) is 12.8. The number of carbonyl (C=O) groups is 1. The number of nitrogens with one attached hydrogen (secondary N) is 2. The van der Waals surface area contributed by atoms with Gasteiger partial charge in [-0.25, -0.2) is 4.98 Å². The summed E-state index contributed by atoms with van der Waals surface area (Å²) in [7, 11) is 0. The highest BCUT2D eigenvalue weighted by Crippen LogP contribution is 2.32. The molecule has 7 nitrogen and oxygen atoms in total. The number of H-pyrrole nitrogens is 1. The summed E-state index contributed by atoms with van der Waals surface area (Å²) >= 11 is 0. The van der Waals surface area contributed by atoms with Gasteiger partial charge in [0.25, 0.3) is 5.91 Å². The molecule has 1 amide bonds. The fourth-order valence-electron chi connectivity index (χ4n) is 1.98. The lowest BCUT2D eigenvalue weighted by molar-refractivity contribution is -0.117. The summed E-state index contributed by atoms with van der Waals surface area (Å²) in [6.07, 6.45) is 4.45. The predicted octanol–water partition coefficient (Wildman–Crippen LogP) is 1.36. The Labute approximate surface area is 126 Å². The van der Waals surface area contributed by atoms with Crippen LogP contribution in [0, 0.1) is 11.3 Å². The van der Waals surface area contributed by atoms with E-state index in [1.54, 1.807) is 12.1 Å². The predicted molar refractivity (Wildman–Crippen MR) is 76.6 cm³/mol. The molecule has 2 aromatic rings. The minimum absolute atomic E-state index is 0.00462. The van der Waals surface area contributed by atoms with E-state index in [-0.39, 0.29) is 18.9 Å². The van der Waals surface area contributed by atoms with E-state index in [1.807, 2.05) is 12.1 Å². The Hall–Kier alpha value is -3.27. The lowest BCUT2D eigenvalue weighted by Gasteiger charge is -2.05. The lowest BCUT2D eigenvalue weighted by atomic mass is 10.2. The second-order valence-electron chi connectivity index (χ2n) is 4.55. The number of fused-ring (bicyclic) bond motifs is 1. The number of nitriles is 1. The van der Waals surface area contributed by atoms with Crippen LogP contribution in [0.5, 0.6) is 11.5 Å². The van der Waals surface area contributed by atoms with Gasteiger partial charge in [0.05, 0.1) is 18.2 Å². The summed E-state index contributed by atoms with van der Waals surface area (Å²) in [6.45, 7) is 0.494. The number of imidazole rings is 1. The average molecular weight is 296 g/mol. The molecule has 1 aromatic carbocycles. The van der Waals surface area contributed by atoms with Gasteiger partial charge in [0.15, 0.2) is 11.5 Å². The molecule has 3 rings (SSSR count). The lowest BCUT2D eigenvalue weighted by Crippen LogP contribution is -2.23. The van der Waals surface area contributed by atoms with Crippen molar-refractivity contribution in [3.8, 4) is 17.6 Å². The van der Waals surface area contributed by atoms with Crippen molar-refractivity contribution in [3.63, 3.8) is 0 Å². The summed E-state index contributed by atoms with van der Waals surface area (Å²) in [5.74, 6) is 0.891. The second-order valence-corrected chi connectivity index (χ2v) is 4.55. The molecular formula is C15H12N4O3. The number of carbonyl (C=O) groups excluding carboxylic acids is 1. The molecular weight excluding hydrogens is 284 g/mol. The molecule has 0 aliphatic carbocycles. The Morgan fingerprint density at radius 2 is 2.32 bits per heavy atom. The van der Waals surface area contributed by atoms with Gasteiger partial charge in [-0.2, -0.15) is 5.26 Å². The minimum atomic E-state index is -0.449. The molecule has 7 heteroatoms. The van der Waals surface area contributed by atoms with Gasteiger partial charge in [-0.05, 0) is 23.8 Å². The molecule has 1 aromatic heterocycles. The first-order chi connectivity index (χ1) is 10.8. The van der Waals surface area contributed by atoms with Crippen molar-refractivity contribution >= 4 is 12.0 Å². The molecule has 0 bridgehead atoms. The third-order valence-electron chi connectivity index (χ3n) is 3.07. The van der Waals surface area contributed by atoms with Crippen LogP contribution in [-0.4, -0.2) is 22.7 Å². The van der Waals surface area contributed by atoms with Crippen LogP contribution in [0.15, 0.2) is 36.3 Å². The van der Waals surface area contributed by atoms with Crippen LogP contribution in [0.2, 0.25) is 0 Å². The highest BCUT2D eigenvalue weighted by atomic mass is 16.7. The van der Waals surface area contributed by atoms with Gasteiger partial charge in [0, 0.05) is 6.54 Å². The van der Waals surface area contributed by atoms with Gasteiger partial charge in [0.2, 0.25) is 6.79 Å². The molecule has 0 saturated heterocycles. The number of aromatic nitrogens is 2. The van der Waals surface area contributed by atoms with Crippen molar-refractivity contribution in [2.45, 2.75) is 6.54 Å². The van der Waals surface area contributed by atoms with Crippen molar-refractivity contribution in [1.29, 1.82) is 5.26 Å². The van der Waals surface area contributed by atoms with Crippen LogP contribution in [0.4, 0.5) is 0 Å². The van der Waals surface area contributed by atoms with Crippen LogP contribution >= 0.6 is 0 Å². The Kier molecular flexibility index (Phi) is 3.74. The third kappa shape index (κ3) is 2.91. The Morgan fingerprint density at radius 3 is 3.09 bits per heavy atom. The molecule has 0 atom stereocenters. The average Bonchev–Trinajstić information content (AvgIpc) is 3.20. The molecule has 110 valence electrons. The summed E-state index contributed by atoms with van der Waals surface area (Å²) in [6, 6.07) is 7.29. The first-order valence-electron chi connectivity index (χ1n) is 6.53. The topological polar surface area (TPSA) is 100 Å². The maximum atomic E-state index is 12.0. The van der Waals surface area contributed by atoms with Gasteiger partial charge in [-0.3, -0.25) is 4.79 Å². The van der Waals surface area contributed by atoms with E-state index in [0.29, 0.717) is 17.2 Å². The number of ether oxygens (including phenoxy) is 2. The van der Waals surface area contributed by atoms with E-state index >= 15 is 0 Å². The van der Waals surface area contributed by atoms with Gasteiger partial charge in [-0.15, -0.1) is 0 Å². The second kappa shape index (κ2) is 6.01. The van der Waals surface area contributed by atoms with Crippen molar-refractivity contribution in [2.75, 3.05) is 6.79 Å². The van der Waals surface area contributed by atoms with E-state index < -0.39 is 5.91 Å². The minimum Gasteiger partial charge on any atom is -0.454 e. The summed E-state index contributed by atoms with van der Waals surface area (Å²) in [5, 5.41) is 11.8.